The van der Waals surface area contributed by atoms with Crippen molar-refractivity contribution in [1.82, 2.24) is 9.97 Å². The van der Waals surface area contributed by atoms with Gasteiger partial charge in [0, 0.05) is 13.2 Å². The predicted molar refractivity (Wildman–Crippen MR) is 48.9 cm³/mol. The summed E-state index contributed by atoms with van der Waals surface area (Å²) in [6.07, 6.45) is 2.85. The summed E-state index contributed by atoms with van der Waals surface area (Å²) in [7, 11) is 0. The molecule has 1 aromatic heterocycles. The Labute approximate surface area is 80.0 Å². The van der Waals surface area contributed by atoms with E-state index in [-0.39, 0.29) is 12.3 Å². The first-order chi connectivity index (χ1) is 6.74. The second-order valence-electron chi connectivity index (χ2n) is 2.53. The minimum atomic E-state index is -0.558. The van der Waals surface area contributed by atoms with Crippen molar-refractivity contribution >= 4 is 11.6 Å². The van der Waals surface area contributed by atoms with E-state index in [9.17, 15) is 10.1 Å². The fourth-order valence-electron chi connectivity index (χ4n) is 0.786. The Morgan fingerprint density at radius 1 is 1.50 bits per heavy atom. The van der Waals surface area contributed by atoms with Crippen LogP contribution in [0.4, 0.5) is 11.6 Å². The molecule has 0 amide bonds. The van der Waals surface area contributed by atoms with Crippen molar-refractivity contribution in [3.05, 3.63) is 22.5 Å². The van der Waals surface area contributed by atoms with Crippen LogP contribution in [0.1, 0.15) is 6.42 Å². The third-order valence-electron chi connectivity index (χ3n) is 1.47. The van der Waals surface area contributed by atoms with Crippen LogP contribution >= 0.6 is 0 Å². The van der Waals surface area contributed by atoms with E-state index < -0.39 is 4.92 Å². The Hall–Kier alpha value is -1.76. The molecular weight excluding hydrogens is 188 g/mol. The molecule has 14 heavy (non-hydrogen) atoms. The van der Waals surface area contributed by atoms with Crippen LogP contribution in [0.3, 0.4) is 0 Å². The highest BCUT2D eigenvalue weighted by Gasteiger charge is 2.05. The molecule has 2 N–H and O–H groups in total. The van der Waals surface area contributed by atoms with Crippen molar-refractivity contribution in [1.29, 1.82) is 0 Å². The summed E-state index contributed by atoms with van der Waals surface area (Å²) in [6.45, 7) is 0.619. The van der Waals surface area contributed by atoms with Crippen molar-refractivity contribution in [2.24, 2.45) is 0 Å². The Morgan fingerprint density at radius 2 is 2.14 bits per heavy atom. The lowest BCUT2D eigenvalue weighted by molar-refractivity contribution is -0.385. The minimum Gasteiger partial charge on any atom is -0.396 e. The number of aromatic nitrogens is 2. The molecule has 7 nitrogen and oxygen atoms in total. The summed E-state index contributed by atoms with van der Waals surface area (Å²) in [5.41, 5.74) is -0.141. The lowest BCUT2D eigenvalue weighted by atomic mass is 10.4. The molecular formula is C7H10N4O3. The summed E-state index contributed by atoms with van der Waals surface area (Å²) >= 11 is 0. The van der Waals surface area contributed by atoms with Gasteiger partial charge in [-0.05, 0) is 6.42 Å². The number of hydrogen-bond donors (Lipinski definition) is 2. The Morgan fingerprint density at radius 3 is 2.64 bits per heavy atom. The maximum absolute atomic E-state index is 10.2. The molecule has 0 aliphatic carbocycles. The zero-order valence-electron chi connectivity index (χ0n) is 7.38. The third-order valence-corrected chi connectivity index (χ3v) is 1.47. The second-order valence-corrected chi connectivity index (χ2v) is 2.53. The van der Waals surface area contributed by atoms with Gasteiger partial charge in [-0.25, -0.2) is 9.97 Å². The van der Waals surface area contributed by atoms with Gasteiger partial charge in [0.2, 0.25) is 5.95 Å². The first-order valence-electron chi connectivity index (χ1n) is 4.05. The highest BCUT2D eigenvalue weighted by atomic mass is 16.6. The van der Waals surface area contributed by atoms with Gasteiger partial charge in [-0.15, -0.1) is 0 Å². The molecule has 7 heteroatoms. The molecule has 0 saturated heterocycles. The van der Waals surface area contributed by atoms with Gasteiger partial charge >= 0.3 is 5.69 Å². The number of hydrogen-bond acceptors (Lipinski definition) is 6. The molecule has 0 bridgehead atoms. The molecule has 0 aliphatic rings. The maximum Gasteiger partial charge on any atom is 0.305 e. The molecule has 0 aromatic carbocycles. The molecule has 0 atom stereocenters. The average molecular weight is 198 g/mol. The SMILES string of the molecule is O=[N+]([O-])c1cnc(NCCCO)nc1. The summed E-state index contributed by atoms with van der Waals surface area (Å²) in [5, 5.41) is 21.5. The fraction of sp³-hybridized carbons (Fsp3) is 0.429. The van der Waals surface area contributed by atoms with Crippen LogP contribution in [0.15, 0.2) is 12.4 Å². The number of nitrogens with one attached hydrogen (secondary N) is 1. The van der Waals surface area contributed by atoms with Crippen LogP contribution in [0, 0.1) is 10.1 Å². The molecule has 1 aromatic rings. The van der Waals surface area contributed by atoms with Crippen LogP contribution < -0.4 is 5.32 Å². The quantitative estimate of drug-likeness (QED) is 0.397. The first kappa shape index (κ1) is 10.3. The second kappa shape index (κ2) is 5.07. The smallest absolute Gasteiger partial charge is 0.305 e. The zero-order chi connectivity index (χ0) is 10.4. The molecule has 0 unspecified atom stereocenters. The van der Waals surface area contributed by atoms with Gasteiger partial charge in [-0.1, -0.05) is 0 Å². The number of rotatable bonds is 5. The molecule has 0 saturated carbocycles. The van der Waals surface area contributed by atoms with Gasteiger partial charge in [0.05, 0.1) is 4.92 Å². The topological polar surface area (TPSA) is 101 Å². The molecule has 0 fully saturated rings. The van der Waals surface area contributed by atoms with Crippen molar-refractivity contribution in [2.45, 2.75) is 6.42 Å². The predicted octanol–water partition coefficient (Wildman–Crippen LogP) is 0.179. The molecule has 0 radical (unpaired) electrons. The Balaban J connectivity index is 2.51. The van der Waals surface area contributed by atoms with Gasteiger partial charge in [0.15, 0.2) is 0 Å². The monoisotopic (exact) mass is 198 g/mol. The standard InChI is InChI=1S/C7H10N4O3/c12-3-1-2-8-7-9-4-6(5-10-7)11(13)14/h4-5,12H,1-3H2,(H,8,9,10). The van der Waals surface area contributed by atoms with E-state index in [0.717, 1.165) is 12.4 Å². The zero-order valence-corrected chi connectivity index (χ0v) is 7.38. The van der Waals surface area contributed by atoms with Gasteiger partial charge < -0.3 is 10.4 Å². The van der Waals surface area contributed by atoms with E-state index in [2.05, 4.69) is 15.3 Å². The summed E-state index contributed by atoms with van der Waals surface area (Å²) < 4.78 is 0. The summed E-state index contributed by atoms with van der Waals surface area (Å²) in [6, 6.07) is 0. The van der Waals surface area contributed by atoms with Gasteiger partial charge in [-0.2, -0.15) is 0 Å². The van der Waals surface area contributed by atoms with E-state index in [0.29, 0.717) is 18.9 Å². The van der Waals surface area contributed by atoms with Crippen molar-refractivity contribution in [3.8, 4) is 0 Å². The number of nitro groups is 1. The maximum atomic E-state index is 10.2. The molecule has 0 aliphatic heterocycles. The fourth-order valence-corrected chi connectivity index (χ4v) is 0.786. The highest BCUT2D eigenvalue weighted by Crippen LogP contribution is 2.07. The summed E-state index contributed by atoms with van der Waals surface area (Å²) in [5.74, 6) is 0.323. The van der Waals surface area contributed by atoms with E-state index in [1.165, 1.54) is 0 Å². The van der Waals surface area contributed by atoms with Crippen molar-refractivity contribution < 1.29 is 10.0 Å². The van der Waals surface area contributed by atoms with E-state index in [1.807, 2.05) is 0 Å². The minimum absolute atomic E-state index is 0.0833. The van der Waals surface area contributed by atoms with Crippen LogP contribution in [0.25, 0.3) is 0 Å². The lowest BCUT2D eigenvalue weighted by Crippen LogP contribution is -2.06. The van der Waals surface area contributed by atoms with Gasteiger partial charge in [-0.3, -0.25) is 10.1 Å². The van der Waals surface area contributed by atoms with Gasteiger partial charge in [0.1, 0.15) is 12.4 Å². The normalized spacial score (nSPS) is 9.79. The highest BCUT2D eigenvalue weighted by molar-refractivity contribution is 5.30. The third kappa shape index (κ3) is 2.94. The summed E-state index contributed by atoms with van der Waals surface area (Å²) in [4.78, 5) is 17.1. The van der Waals surface area contributed by atoms with E-state index >= 15 is 0 Å². The van der Waals surface area contributed by atoms with Crippen molar-refractivity contribution in [3.63, 3.8) is 0 Å². The molecule has 1 heterocycles. The first-order valence-corrected chi connectivity index (χ1v) is 4.05. The lowest BCUT2D eigenvalue weighted by Gasteiger charge is -2.01. The van der Waals surface area contributed by atoms with Crippen molar-refractivity contribution in [2.75, 3.05) is 18.5 Å². The average Bonchev–Trinajstić information content (AvgIpc) is 2.19. The van der Waals surface area contributed by atoms with E-state index in [1.54, 1.807) is 0 Å². The molecule has 0 spiro atoms. The number of aliphatic hydroxyl groups is 1. The van der Waals surface area contributed by atoms with Crippen LogP contribution in [0.5, 0.6) is 0 Å². The van der Waals surface area contributed by atoms with Gasteiger partial charge in [0.25, 0.3) is 0 Å². The van der Waals surface area contributed by atoms with E-state index in [4.69, 9.17) is 5.11 Å². The Bertz CT molecular complexity index is 300. The largest absolute Gasteiger partial charge is 0.396 e. The van der Waals surface area contributed by atoms with Crippen LogP contribution in [-0.2, 0) is 0 Å². The molecule has 1 rings (SSSR count). The van der Waals surface area contributed by atoms with Crippen LogP contribution in [-0.4, -0.2) is 33.1 Å². The number of nitrogens with zero attached hydrogens (tertiary/aromatic N) is 3. The van der Waals surface area contributed by atoms with Crippen LogP contribution in [0.2, 0.25) is 0 Å². The molecule has 76 valence electrons. The number of anilines is 1. The number of aliphatic hydroxyl groups excluding tert-OH is 1. The Kier molecular flexibility index (Phi) is 3.74.